The van der Waals surface area contributed by atoms with E-state index in [1.165, 1.54) is 25.7 Å². The monoisotopic (exact) mass is 432 g/mol. The Hall–Kier alpha value is -1.45. The first-order chi connectivity index (χ1) is 14.5. The third-order valence-electron chi connectivity index (χ3n) is 6.78. The van der Waals surface area contributed by atoms with Gasteiger partial charge in [0.15, 0.2) is 0 Å². The molecule has 4 heteroatoms. The van der Waals surface area contributed by atoms with Gasteiger partial charge >= 0.3 is 6.09 Å². The summed E-state index contributed by atoms with van der Waals surface area (Å²) in [6.07, 6.45) is 10.2. The van der Waals surface area contributed by atoms with Crippen molar-refractivity contribution in [2.45, 2.75) is 111 Å². The molecule has 0 aromatic heterocycles. The lowest BCUT2D eigenvalue weighted by Gasteiger charge is -2.58. The van der Waals surface area contributed by atoms with Gasteiger partial charge in [-0.2, -0.15) is 0 Å². The smallest absolute Gasteiger partial charge is 0.410 e. The molecule has 1 aliphatic heterocycles. The Labute approximate surface area is 191 Å². The van der Waals surface area contributed by atoms with E-state index in [0.29, 0.717) is 11.8 Å². The van der Waals surface area contributed by atoms with Crippen LogP contribution < -0.4 is 5.32 Å². The molecule has 0 aromatic rings. The normalized spacial score (nSPS) is 26.3. The summed E-state index contributed by atoms with van der Waals surface area (Å²) in [5.74, 6) is 1.30. The van der Waals surface area contributed by atoms with Gasteiger partial charge in [-0.1, -0.05) is 25.5 Å². The van der Waals surface area contributed by atoms with Crippen LogP contribution in [0.25, 0.3) is 0 Å². The third kappa shape index (κ3) is 6.29. The van der Waals surface area contributed by atoms with Gasteiger partial charge in [-0.15, -0.1) is 6.58 Å². The number of amides is 1. The van der Waals surface area contributed by atoms with E-state index < -0.39 is 5.60 Å². The molecule has 0 radical (unpaired) electrons. The van der Waals surface area contributed by atoms with E-state index >= 15 is 0 Å². The van der Waals surface area contributed by atoms with Crippen LogP contribution in [-0.2, 0) is 4.74 Å². The molecule has 1 saturated heterocycles. The van der Waals surface area contributed by atoms with Gasteiger partial charge in [-0.3, -0.25) is 0 Å². The topological polar surface area (TPSA) is 41.6 Å². The number of carbonyl (C=O) groups excluding carboxylic acids is 1. The molecule has 3 fully saturated rings. The number of nitrogens with zero attached hydrogens (tertiary/aromatic N) is 1. The molecule has 2 unspecified atom stereocenters. The predicted octanol–water partition coefficient (Wildman–Crippen LogP) is 7.07. The Bertz CT molecular complexity index is 654. The van der Waals surface area contributed by atoms with E-state index in [9.17, 15) is 4.79 Å². The van der Waals surface area contributed by atoms with Gasteiger partial charge in [0.25, 0.3) is 0 Å². The molecule has 1 heterocycles. The summed E-state index contributed by atoms with van der Waals surface area (Å²) < 4.78 is 5.61. The fourth-order valence-corrected chi connectivity index (χ4v) is 5.38. The number of hydrogen-bond donors (Lipinski definition) is 1. The van der Waals surface area contributed by atoms with Crippen LogP contribution in [0.3, 0.4) is 0 Å². The van der Waals surface area contributed by atoms with Gasteiger partial charge in [0.05, 0.1) is 0 Å². The van der Waals surface area contributed by atoms with E-state index in [1.807, 2.05) is 39.5 Å². The van der Waals surface area contributed by atoms with Gasteiger partial charge in [0.1, 0.15) is 5.60 Å². The second-order valence-electron chi connectivity index (χ2n) is 11.4. The Morgan fingerprint density at radius 3 is 2.10 bits per heavy atom. The minimum atomic E-state index is -0.432. The number of likely N-dealkylation sites (tertiary alicyclic amines) is 1. The lowest BCUT2D eigenvalue weighted by atomic mass is 9.49. The van der Waals surface area contributed by atoms with Crippen molar-refractivity contribution in [2.75, 3.05) is 13.1 Å². The van der Waals surface area contributed by atoms with Gasteiger partial charge in [0.2, 0.25) is 0 Å². The predicted molar refractivity (Wildman–Crippen MR) is 131 cm³/mol. The van der Waals surface area contributed by atoms with Crippen molar-refractivity contribution >= 4 is 6.09 Å². The summed E-state index contributed by atoms with van der Waals surface area (Å²) in [5, 5.41) is 3.95. The number of carbonyl (C=O) groups is 1. The SMILES string of the molecule is C=CCC1CCC1(C(NC(C)(C)C)=C1CC1)C1CCN(C(=O)OC(C)(C)C)CC1.CC. The van der Waals surface area contributed by atoms with Crippen molar-refractivity contribution in [3.8, 4) is 0 Å². The van der Waals surface area contributed by atoms with Crippen LogP contribution in [0.4, 0.5) is 4.79 Å². The van der Waals surface area contributed by atoms with Gasteiger partial charge in [-0.05, 0) is 98.3 Å². The Morgan fingerprint density at radius 2 is 1.71 bits per heavy atom. The zero-order valence-corrected chi connectivity index (χ0v) is 21.6. The number of nitrogens with one attached hydrogen (secondary N) is 1. The van der Waals surface area contributed by atoms with Gasteiger partial charge < -0.3 is 15.0 Å². The summed E-state index contributed by atoms with van der Waals surface area (Å²) in [6.45, 7) is 22.3. The van der Waals surface area contributed by atoms with Crippen LogP contribution in [0, 0.1) is 17.3 Å². The fraction of sp³-hybridized carbons (Fsp3) is 0.815. The van der Waals surface area contributed by atoms with Gasteiger partial charge in [0, 0.05) is 29.7 Å². The first-order valence-corrected chi connectivity index (χ1v) is 12.6. The van der Waals surface area contributed by atoms with Crippen molar-refractivity contribution in [3.05, 3.63) is 23.9 Å². The third-order valence-corrected chi connectivity index (χ3v) is 6.78. The quantitative estimate of drug-likeness (QED) is 0.472. The van der Waals surface area contributed by atoms with Crippen LogP contribution in [-0.4, -0.2) is 35.2 Å². The molecule has 0 spiro atoms. The summed E-state index contributed by atoms with van der Waals surface area (Å²) in [7, 11) is 0. The lowest BCUT2D eigenvalue weighted by molar-refractivity contribution is -0.0367. The average Bonchev–Trinajstić information content (AvgIpc) is 3.50. The standard InChI is InChI=1S/C25H42N2O2.C2H6/c1-8-9-19-12-15-25(19,21(18-10-11-18)26-23(2,3)4)20-13-16-27(17-14-20)22(28)29-24(5,6)7;1-2/h8,19-20,26H,1,9-17H2,2-7H3;1-2H3. The van der Waals surface area contributed by atoms with E-state index in [2.05, 4.69) is 38.7 Å². The van der Waals surface area contributed by atoms with E-state index in [4.69, 9.17) is 4.74 Å². The lowest BCUT2D eigenvalue weighted by Crippen LogP contribution is -2.56. The first kappa shape index (κ1) is 25.8. The molecule has 4 nitrogen and oxygen atoms in total. The molecule has 178 valence electrons. The van der Waals surface area contributed by atoms with Crippen molar-refractivity contribution in [1.29, 1.82) is 0 Å². The summed E-state index contributed by atoms with van der Waals surface area (Å²) in [4.78, 5) is 14.4. The highest BCUT2D eigenvalue weighted by Gasteiger charge is 2.56. The molecule has 3 aliphatic rings. The first-order valence-electron chi connectivity index (χ1n) is 12.6. The van der Waals surface area contributed by atoms with Gasteiger partial charge in [-0.25, -0.2) is 4.79 Å². The minimum Gasteiger partial charge on any atom is -0.444 e. The van der Waals surface area contributed by atoms with Crippen LogP contribution in [0.1, 0.15) is 100 Å². The molecule has 2 aliphatic carbocycles. The second-order valence-corrected chi connectivity index (χ2v) is 11.4. The van der Waals surface area contributed by atoms with E-state index in [-0.39, 0.29) is 17.0 Å². The molecule has 0 bridgehead atoms. The zero-order valence-electron chi connectivity index (χ0n) is 21.6. The molecular formula is C27H48N2O2. The van der Waals surface area contributed by atoms with Crippen molar-refractivity contribution in [2.24, 2.45) is 17.3 Å². The second kappa shape index (κ2) is 10.0. The molecular weight excluding hydrogens is 384 g/mol. The molecule has 31 heavy (non-hydrogen) atoms. The van der Waals surface area contributed by atoms with Crippen molar-refractivity contribution in [1.82, 2.24) is 10.2 Å². The molecule has 3 rings (SSSR count). The summed E-state index contributed by atoms with van der Waals surface area (Å²) >= 11 is 0. The number of piperidine rings is 1. The number of allylic oxidation sites excluding steroid dienone is 3. The molecule has 2 atom stereocenters. The van der Waals surface area contributed by atoms with E-state index in [1.54, 1.807) is 11.3 Å². The Balaban J connectivity index is 0.00000166. The maximum atomic E-state index is 12.5. The minimum absolute atomic E-state index is 0.0729. The van der Waals surface area contributed by atoms with Crippen LogP contribution in [0.15, 0.2) is 23.9 Å². The van der Waals surface area contributed by atoms with Crippen LogP contribution in [0.5, 0.6) is 0 Å². The largest absolute Gasteiger partial charge is 0.444 e. The highest BCUT2D eigenvalue weighted by Crippen LogP contribution is 2.62. The number of ether oxygens (including phenoxy) is 1. The zero-order chi connectivity index (χ0) is 23.4. The Kier molecular flexibility index (Phi) is 8.33. The number of hydrogen-bond acceptors (Lipinski definition) is 3. The molecule has 1 N–H and O–H groups in total. The van der Waals surface area contributed by atoms with Crippen molar-refractivity contribution < 1.29 is 9.53 Å². The highest BCUT2D eigenvalue weighted by atomic mass is 16.6. The van der Waals surface area contributed by atoms with Crippen LogP contribution >= 0.6 is 0 Å². The molecule has 2 saturated carbocycles. The maximum absolute atomic E-state index is 12.5. The summed E-state index contributed by atoms with van der Waals surface area (Å²) in [5.41, 5.74) is 3.08. The van der Waals surface area contributed by atoms with Crippen LogP contribution in [0.2, 0.25) is 0 Å². The Morgan fingerprint density at radius 1 is 1.13 bits per heavy atom. The van der Waals surface area contributed by atoms with E-state index in [0.717, 1.165) is 32.4 Å². The molecule has 1 amide bonds. The maximum Gasteiger partial charge on any atom is 0.410 e. The molecule has 0 aromatic carbocycles. The number of rotatable bonds is 5. The average molecular weight is 433 g/mol. The fourth-order valence-electron chi connectivity index (χ4n) is 5.38. The summed E-state index contributed by atoms with van der Waals surface area (Å²) in [6, 6.07) is 0. The highest BCUT2D eigenvalue weighted by molar-refractivity contribution is 5.68. The van der Waals surface area contributed by atoms with Crippen molar-refractivity contribution in [3.63, 3.8) is 0 Å².